The number of aromatic hydroxyl groups is 1. The number of hydrogen-bond acceptors (Lipinski definition) is 4. The average molecular weight is 237 g/mol. The number of phenols is 1. The van der Waals surface area contributed by atoms with Gasteiger partial charge < -0.3 is 21.1 Å². The standard InChI is InChI=1S/C11H11NO5/c12-11(10(16)17)2-1-5-3-8(13)6(9(14)15)4-7(5)11/h3-4,13H,1-2,12H2,(H,14,15)(H,16,17). The van der Waals surface area contributed by atoms with Crippen LogP contribution in [0, 0.1) is 0 Å². The van der Waals surface area contributed by atoms with Gasteiger partial charge in [-0.25, -0.2) is 9.59 Å². The van der Waals surface area contributed by atoms with E-state index in [9.17, 15) is 14.7 Å². The summed E-state index contributed by atoms with van der Waals surface area (Å²) >= 11 is 0. The molecule has 0 amide bonds. The molecule has 6 heteroatoms. The van der Waals surface area contributed by atoms with Gasteiger partial charge in [-0.05, 0) is 36.1 Å². The molecule has 1 aromatic carbocycles. The number of carboxylic acids is 2. The fraction of sp³-hybridized carbons (Fsp3) is 0.273. The molecule has 0 aromatic heterocycles. The maximum absolute atomic E-state index is 11.1. The summed E-state index contributed by atoms with van der Waals surface area (Å²) in [5.41, 5.74) is 4.71. The summed E-state index contributed by atoms with van der Waals surface area (Å²) < 4.78 is 0. The third kappa shape index (κ3) is 1.53. The molecule has 0 aliphatic heterocycles. The Balaban J connectivity index is 2.64. The van der Waals surface area contributed by atoms with Gasteiger partial charge in [0.15, 0.2) is 0 Å². The highest BCUT2D eigenvalue weighted by Gasteiger charge is 2.42. The fourth-order valence-corrected chi connectivity index (χ4v) is 2.11. The van der Waals surface area contributed by atoms with Crippen molar-refractivity contribution >= 4 is 11.9 Å². The molecule has 17 heavy (non-hydrogen) atoms. The summed E-state index contributed by atoms with van der Waals surface area (Å²) in [4.78, 5) is 22.0. The molecular formula is C11H11NO5. The number of nitrogens with two attached hydrogens (primary N) is 1. The molecule has 0 fully saturated rings. The van der Waals surface area contributed by atoms with E-state index in [1.807, 2.05) is 0 Å². The van der Waals surface area contributed by atoms with Gasteiger partial charge in [-0.1, -0.05) is 0 Å². The SMILES string of the molecule is NC1(C(=O)O)CCc2cc(O)c(C(=O)O)cc21. The van der Waals surface area contributed by atoms with Gasteiger partial charge in [0.25, 0.3) is 0 Å². The number of carboxylic acid groups (broad SMARTS) is 2. The van der Waals surface area contributed by atoms with E-state index in [-0.39, 0.29) is 23.3 Å². The quantitative estimate of drug-likeness (QED) is 0.586. The maximum atomic E-state index is 11.1. The second-order valence-electron chi connectivity index (χ2n) is 4.11. The lowest BCUT2D eigenvalue weighted by molar-refractivity contribution is -0.143. The molecular weight excluding hydrogens is 226 g/mol. The number of aromatic carboxylic acids is 1. The summed E-state index contributed by atoms with van der Waals surface area (Å²) in [6.45, 7) is 0. The van der Waals surface area contributed by atoms with Crippen molar-refractivity contribution in [1.82, 2.24) is 0 Å². The number of aliphatic carboxylic acids is 1. The first-order valence-electron chi connectivity index (χ1n) is 4.98. The molecule has 2 rings (SSSR count). The summed E-state index contributed by atoms with van der Waals surface area (Å²) in [6, 6.07) is 2.42. The minimum absolute atomic E-state index is 0.195. The Bertz CT molecular complexity index is 525. The molecule has 90 valence electrons. The zero-order valence-corrected chi connectivity index (χ0v) is 8.80. The van der Waals surface area contributed by atoms with E-state index in [0.717, 1.165) is 6.07 Å². The number of aryl methyl sites for hydroxylation is 1. The van der Waals surface area contributed by atoms with E-state index in [2.05, 4.69) is 0 Å². The first-order valence-corrected chi connectivity index (χ1v) is 4.98. The Morgan fingerprint density at radius 2 is 1.94 bits per heavy atom. The van der Waals surface area contributed by atoms with Crippen molar-refractivity contribution in [2.24, 2.45) is 5.73 Å². The molecule has 0 heterocycles. The Morgan fingerprint density at radius 1 is 1.29 bits per heavy atom. The highest BCUT2D eigenvalue weighted by atomic mass is 16.4. The molecule has 1 atom stereocenters. The first kappa shape index (κ1) is 11.4. The van der Waals surface area contributed by atoms with Crippen LogP contribution >= 0.6 is 0 Å². The van der Waals surface area contributed by atoms with Crippen molar-refractivity contribution in [2.75, 3.05) is 0 Å². The van der Waals surface area contributed by atoms with Gasteiger partial charge in [0.05, 0.1) is 0 Å². The highest BCUT2D eigenvalue weighted by Crippen LogP contribution is 2.38. The summed E-state index contributed by atoms with van der Waals surface area (Å²) in [7, 11) is 0. The van der Waals surface area contributed by atoms with E-state index >= 15 is 0 Å². The average Bonchev–Trinajstić information content (AvgIpc) is 2.56. The minimum Gasteiger partial charge on any atom is -0.507 e. The van der Waals surface area contributed by atoms with Crippen LogP contribution in [0.1, 0.15) is 27.9 Å². The van der Waals surface area contributed by atoms with Crippen LogP contribution in [0.2, 0.25) is 0 Å². The fourth-order valence-electron chi connectivity index (χ4n) is 2.11. The van der Waals surface area contributed by atoms with Crippen molar-refractivity contribution < 1.29 is 24.9 Å². The van der Waals surface area contributed by atoms with Gasteiger partial charge in [0, 0.05) is 0 Å². The molecule has 0 spiro atoms. The summed E-state index contributed by atoms with van der Waals surface area (Å²) in [5, 5.41) is 27.4. The second-order valence-corrected chi connectivity index (χ2v) is 4.11. The van der Waals surface area contributed by atoms with E-state index < -0.39 is 17.5 Å². The minimum atomic E-state index is -1.56. The van der Waals surface area contributed by atoms with E-state index in [0.29, 0.717) is 12.0 Å². The van der Waals surface area contributed by atoms with Crippen LogP contribution in [0.25, 0.3) is 0 Å². The van der Waals surface area contributed by atoms with Crippen LogP contribution < -0.4 is 5.73 Å². The van der Waals surface area contributed by atoms with E-state index in [1.165, 1.54) is 6.07 Å². The van der Waals surface area contributed by atoms with Gasteiger partial charge >= 0.3 is 11.9 Å². The van der Waals surface area contributed by atoms with Crippen LogP contribution in [0.15, 0.2) is 12.1 Å². The molecule has 5 N–H and O–H groups in total. The molecule has 1 aromatic rings. The molecule has 1 unspecified atom stereocenters. The smallest absolute Gasteiger partial charge is 0.339 e. The van der Waals surface area contributed by atoms with Crippen LogP contribution in [-0.4, -0.2) is 27.3 Å². The number of hydrogen-bond donors (Lipinski definition) is 4. The van der Waals surface area contributed by atoms with Crippen molar-refractivity contribution in [3.05, 3.63) is 28.8 Å². The lowest BCUT2D eigenvalue weighted by Gasteiger charge is -2.20. The highest BCUT2D eigenvalue weighted by molar-refractivity contribution is 5.92. The van der Waals surface area contributed by atoms with Gasteiger partial charge in [-0.2, -0.15) is 0 Å². The van der Waals surface area contributed by atoms with Crippen molar-refractivity contribution in [3.8, 4) is 5.75 Å². The number of fused-ring (bicyclic) bond motifs is 1. The Labute approximate surface area is 96.3 Å². The number of benzene rings is 1. The maximum Gasteiger partial charge on any atom is 0.339 e. The Kier molecular flexibility index (Phi) is 2.32. The molecule has 6 nitrogen and oxygen atoms in total. The first-order chi connectivity index (χ1) is 7.86. The molecule has 1 aliphatic rings. The lowest BCUT2D eigenvalue weighted by atomic mass is 9.92. The van der Waals surface area contributed by atoms with Crippen LogP contribution in [0.5, 0.6) is 5.75 Å². The second kappa shape index (κ2) is 3.46. The largest absolute Gasteiger partial charge is 0.507 e. The molecule has 1 aliphatic carbocycles. The third-order valence-electron chi connectivity index (χ3n) is 3.10. The summed E-state index contributed by atoms with van der Waals surface area (Å²) in [5.74, 6) is -2.88. The molecule has 0 saturated heterocycles. The van der Waals surface area contributed by atoms with Crippen LogP contribution in [-0.2, 0) is 16.8 Å². The monoisotopic (exact) mass is 237 g/mol. The summed E-state index contributed by atoms with van der Waals surface area (Å²) in [6.07, 6.45) is 0.603. The zero-order valence-electron chi connectivity index (χ0n) is 8.80. The topological polar surface area (TPSA) is 121 Å². The normalized spacial score (nSPS) is 22.2. The van der Waals surface area contributed by atoms with E-state index in [1.54, 1.807) is 0 Å². The predicted molar refractivity (Wildman–Crippen MR) is 56.9 cm³/mol. The van der Waals surface area contributed by atoms with Gasteiger partial charge in [0.1, 0.15) is 16.9 Å². The molecule has 0 bridgehead atoms. The number of carbonyl (C=O) groups is 2. The van der Waals surface area contributed by atoms with E-state index in [4.69, 9.17) is 15.9 Å². The zero-order chi connectivity index (χ0) is 12.8. The van der Waals surface area contributed by atoms with Crippen molar-refractivity contribution in [2.45, 2.75) is 18.4 Å². The third-order valence-corrected chi connectivity index (χ3v) is 3.10. The van der Waals surface area contributed by atoms with Gasteiger partial charge in [-0.15, -0.1) is 0 Å². The van der Waals surface area contributed by atoms with Gasteiger partial charge in [-0.3, -0.25) is 0 Å². The molecule has 0 radical (unpaired) electrons. The number of rotatable bonds is 2. The van der Waals surface area contributed by atoms with Crippen molar-refractivity contribution in [1.29, 1.82) is 0 Å². The predicted octanol–water partition coefficient (Wildman–Crippen LogP) is 0.275. The Morgan fingerprint density at radius 3 is 2.47 bits per heavy atom. The van der Waals surface area contributed by atoms with Crippen molar-refractivity contribution in [3.63, 3.8) is 0 Å². The van der Waals surface area contributed by atoms with Crippen LogP contribution in [0.4, 0.5) is 0 Å². The van der Waals surface area contributed by atoms with Crippen LogP contribution in [0.3, 0.4) is 0 Å². The lowest BCUT2D eigenvalue weighted by Crippen LogP contribution is -2.42. The van der Waals surface area contributed by atoms with Gasteiger partial charge in [0.2, 0.25) is 0 Å². The molecule has 0 saturated carbocycles. The Hall–Kier alpha value is -2.08.